The molecular weight excluding hydrogens is 362 g/mol. The van der Waals surface area contributed by atoms with E-state index in [2.05, 4.69) is 10.3 Å². The summed E-state index contributed by atoms with van der Waals surface area (Å²) < 4.78 is 17.4. The maximum atomic E-state index is 12.7. The first-order valence-electron chi connectivity index (χ1n) is 9.45. The van der Waals surface area contributed by atoms with Crippen LogP contribution in [0.5, 0.6) is 11.5 Å². The number of fused-ring (bicyclic) bond motifs is 1. The van der Waals surface area contributed by atoms with Crippen LogP contribution in [-0.4, -0.2) is 48.9 Å². The smallest absolute Gasteiger partial charge is 0.261 e. The van der Waals surface area contributed by atoms with Gasteiger partial charge >= 0.3 is 0 Å². The van der Waals surface area contributed by atoms with E-state index in [1.54, 1.807) is 12.1 Å². The van der Waals surface area contributed by atoms with Crippen LogP contribution in [0.4, 0.5) is 0 Å². The topological polar surface area (TPSA) is 91.7 Å². The van der Waals surface area contributed by atoms with Gasteiger partial charge in [0.2, 0.25) is 5.91 Å². The second-order valence-electron chi connectivity index (χ2n) is 6.69. The number of ether oxygens (including phenoxy) is 3. The lowest BCUT2D eigenvalue weighted by Crippen LogP contribution is -2.26. The Morgan fingerprint density at radius 1 is 1.18 bits per heavy atom. The average Bonchev–Trinajstić information content (AvgIpc) is 2.68. The van der Waals surface area contributed by atoms with E-state index in [9.17, 15) is 9.59 Å². The summed E-state index contributed by atoms with van der Waals surface area (Å²) in [4.78, 5) is 28.9. The van der Waals surface area contributed by atoms with E-state index >= 15 is 0 Å². The average molecular weight is 391 g/mol. The quantitative estimate of drug-likeness (QED) is 0.590. The molecule has 0 aliphatic heterocycles. The highest BCUT2D eigenvalue weighted by atomic mass is 16.5. The molecule has 0 bridgehead atoms. The van der Waals surface area contributed by atoms with Crippen molar-refractivity contribution in [3.8, 4) is 11.5 Å². The molecule has 0 saturated heterocycles. The largest absolute Gasteiger partial charge is 0.493 e. The van der Waals surface area contributed by atoms with Crippen molar-refractivity contribution in [2.24, 2.45) is 0 Å². The number of carbonyl (C=O) groups is 1. The van der Waals surface area contributed by atoms with Gasteiger partial charge in [0, 0.05) is 32.2 Å². The molecule has 154 valence electrons. The fourth-order valence-corrected chi connectivity index (χ4v) is 2.76. The normalized spacial score (nSPS) is 11.0. The van der Waals surface area contributed by atoms with Crippen molar-refractivity contribution < 1.29 is 19.0 Å². The monoisotopic (exact) mass is 391 g/mol. The van der Waals surface area contributed by atoms with Gasteiger partial charge in [-0.05, 0) is 32.8 Å². The van der Waals surface area contributed by atoms with Crippen LogP contribution < -0.4 is 20.3 Å². The van der Waals surface area contributed by atoms with Crippen molar-refractivity contribution in [2.45, 2.75) is 45.8 Å². The Hall–Kier alpha value is -2.61. The van der Waals surface area contributed by atoms with Crippen molar-refractivity contribution >= 4 is 16.8 Å². The number of rotatable bonds is 11. The van der Waals surface area contributed by atoms with Crippen molar-refractivity contribution in [1.29, 1.82) is 0 Å². The van der Waals surface area contributed by atoms with Crippen LogP contribution in [-0.2, 0) is 16.1 Å². The zero-order valence-corrected chi connectivity index (χ0v) is 17.0. The predicted octanol–water partition coefficient (Wildman–Crippen LogP) is 2.13. The highest BCUT2D eigenvalue weighted by molar-refractivity contribution is 5.81. The number of amides is 1. The lowest BCUT2D eigenvalue weighted by Gasteiger charge is -2.11. The van der Waals surface area contributed by atoms with Gasteiger partial charge in [-0.25, -0.2) is 4.98 Å². The van der Waals surface area contributed by atoms with Gasteiger partial charge in [-0.3, -0.25) is 14.2 Å². The molecule has 0 atom stereocenters. The second-order valence-corrected chi connectivity index (χ2v) is 6.69. The molecule has 28 heavy (non-hydrogen) atoms. The minimum atomic E-state index is -0.169. The van der Waals surface area contributed by atoms with Crippen molar-refractivity contribution in [3.05, 3.63) is 28.8 Å². The van der Waals surface area contributed by atoms with Gasteiger partial charge in [0.1, 0.15) is 0 Å². The first-order valence-corrected chi connectivity index (χ1v) is 9.45. The summed E-state index contributed by atoms with van der Waals surface area (Å²) in [6.07, 6.45) is 3.38. The van der Waals surface area contributed by atoms with Gasteiger partial charge in [-0.1, -0.05) is 0 Å². The molecule has 0 fully saturated rings. The minimum Gasteiger partial charge on any atom is -0.493 e. The molecule has 1 heterocycles. The zero-order chi connectivity index (χ0) is 20.5. The first kappa shape index (κ1) is 21.7. The molecule has 1 amide bonds. The molecule has 0 aliphatic carbocycles. The molecule has 8 nitrogen and oxygen atoms in total. The molecule has 2 rings (SSSR count). The number of aryl methyl sites for hydroxylation is 1. The molecule has 0 radical (unpaired) electrons. The number of carbonyl (C=O) groups excluding carboxylic acids is 1. The lowest BCUT2D eigenvalue weighted by molar-refractivity contribution is -0.121. The fraction of sp³-hybridized carbons (Fsp3) is 0.550. The summed E-state index contributed by atoms with van der Waals surface area (Å²) in [5.41, 5.74) is 0.373. The number of nitrogens with zero attached hydrogens (tertiary/aromatic N) is 2. The van der Waals surface area contributed by atoms with Gasteiger partial charge < -0.3 is 19.5 Å². The Balaban J connectivity index is 1.89. The maximum Gasteiger partial charge on any atom is 0.261 e. The van der Waals surface area contributed by atoms with E-state index < -0.39 is 0 Å². The Kier molecular flexibility index (Phi) is 8.25. The molecular formula is C20H29N3O5. The Labute approximate surface area is 164 Å². The third kappa shape index (κ3) is 5.95. The molecule has 8 heteroatoms. The molecule has 0 spiro atoms. The lowest BCUT2D eigenvalue weighted by atomic mass is 10.2. The van der Waals surface area contributed by atoms with Crippen LogP contribution in [0.3, 0.4) is 0 Å². The Morgan fingerprint density at radius 2 is 1.89 bits per heavy atom. The van der Waals surface area contributed by atoms with Crippen molar-refractivity contribution in [1.82, 2.24) is 14.9 Å². The van der Waals surface area contributed by atoms with Crippen LogP contribution >= 0.6 is 0 Å². The van der Waals surface area contributed by atoms with Crippen LogP contribution in [0.15, 0.2) is 23.3 Å². The second kappa shape index (κ2) is 10.7. The van der Waals surface area contributed by atoms with Crippen LogP contribution in [0.2, 0.25) is 0 Å². The van der Waals surface area contributed by atoms with Gasteiger partial charge in [-0.2, -0.15) is 0 Å². The summed E-state index contributed by atoms with van der Waals surface area (Å²) in [6.45, 7) is 5.60. The Bertz CT molecular complexity index is 848. The van der Waals surface area contributed by atoms with E-state index in [-0.39, 0.29) is 17.6 Å². The van der Waals surface area contributed by atoms with E-state index in [1.807, 2.05) is 13.8 Å². The summed E-state index contributed by atoms with van der Waals surface area (Å²) >= 11 is 0. The minimum absolute atomic E-state index is 0.0299. The molecule has 1 aromatic carbocycles. The summed E-state index contributed by atoms with van der Waals surface area (Å²) in [5, 5.41) is 3.32. The fourth-order valence-electron chi connectivity index (χ4n) is 2.76. The van der Waals surface area contributed by atoms with Gasteiger partial charge in [-0.15, -0.1) is 0 Å². The van der Waals surface area contributed by atoms with E-state index in [1.165, 1.54) is 25.1 Å². The molecule has 0 saturated carbocycles. The van der Waals surface area contributed by atoms with Crippen LogP contribution in [0.1, 0.15) is 33.1 Å². The molecule has 2 aromatic rings. The van der Waals surface area contributed by atoms with Gasteiger partial charge in [0.15, 0.2) is 11.5 Å². The Morgan fingerprint density at radius 3 is 2.57 bits per heavy atom. The predicted molar refractivity (Wildman–Crippen MR) is 107 cm³/mol. The molecule has 0 aliphatic rings. The number of nitrogens with one attached hydrogen (secondary N) is 1. The van der Waals surface area contributed by atoms with E-state index in [0.29, 0.717) is 54.9 Å². The standard InChI is InChI=1S/C20H29N3O5/c1-14(2)28-10-6-8-21-19(24)7-5-9-23-13-22-16-12-18(27-4)17(26-3)11-15(16)20(23)25/h11-14H,5-10H2,1-4H3,(H,21,24). The first-order chi connectivity index (χ1) is 13.5. The van der Waals surface area contributed by atoms with Crippen LogP contribution in [0.25, 0.3) is 10.9 Å². The summed E-state index contributed by atoms with van der Waals surface area (Å²) in [7, 11) is 3.06. The summed E-state index contributed by atoms with van der Waals surface area (Å²) in [5.74, 6) is 0.973. The van der Waals surface area contributed by atoms with Crippen molar-refractivity contribution in [2.75, 3.05) is 27.4 Å². The number of hydrogen-bond donors (Lipinski definition) is 1. The zero-order valence-electron chi connectivity index (χ0n) is 17.0. The highest BCUT2D eigenvalue weighted by Crippen LogP contribution is 2.29. The highest BCUT2D eigenvalue weighted by Gasteiger charge is 2.11. The number of hydrogen-bond acceptors (Lipinski definition) is 6. The SMILES string of the molecule is COc1cc2ncn(CCCC(=O)NCCCOC(C)C)c(=O)c2cc1OC. The van der Waals surface area contributed by atoms with Crippen molar-refractivity contribution in [3.63, 3.8) is 0 Å². The third-order valence-electron chi connectivity index (χ3n) is 4.23. The maximum absolute atomic E-state index is 12.7. The van der Waals surface area contributed by atoms with Gasteiger partial charge in [0.05, 0.1) is 37.6 Å². The summed E-state index contributed by atoms with van der Waals surface area (Å²) in [6, 6.07) is 3.31. The van der Waals surface area contributed by atoms with Crippen LogP contribution in [0, 0.1) is 0 Å². The molecule has 1 aromatic heterocycles. The van der Waals surface area contributed by atoms with E-state index in [0.717, 1.165) is 6.42 Å². The van der Waals surface area contributed by atoms with Gasteiger partial charge in [0.25, 0.3) is 5.56 Å². The molecule has 0 unspecified atom stereocenters. The number of aromatic nitrogens is 2. The van der Waals surface area contributed by atoms with E-state index in [4.69, 9.17) is 14.2 Å². The number of methoxy groups -OCH3 is 2. The molecule has 1 N–H and O–H groups in total. The number of benzene rings is 1. The third-order valence-corrected chi connectivity index (χ3v) is 4.23.